The summed E-state index contributed by atoms with van der Waals surface area (Å²) in [5.74, 6) is 0. The smallest absolute Gasteiger partial charge is 0.316 e. The topological polar surface area (TPSA) is 67.2 Å². The maximum Gasteiger partial charge on any atom is 0.316 e. The number of halogens is 1. The molecule has 4 nitrogen and oxygen atoms in total. The molecule has 1 rings (SSSR count). The molecule has 0 atom stereocenters. The fraction of sp³-hybridized carbons (Fsp3) is 0.417. The van der Waals surface area contributed by atoms with E-state index in [1.165, 1.54) is 0 Å². The average Bonchev–Trinajstić information content (AvgIpc) is 2.16. The number of benzene rings is 1. The van der Waals surface area contributed by atoms with Crippen LogP contribution in [0.25, 0.3) is 0 Å². The summed E-state index contributed by atoms with van der Waals surface area (Å²) in [5, 5.41) is 6.41. The Bertz CT molecular complexity index is 413. The number of anilines is 2. The van der Waals surface area contributed by atoms with Crippen molar-refractivity contribution in [3.05, 3.63) is 23.2 Å². The van der Waals surface area contributed by atoms with E-state index in [9.17, 15) is 4.79 Å². The first-order valence-corrected chi connectivity index (χ1v) is 5.75. The standard InChI is InChI=1S/C12H18ClN3O/c1-12(2,3)7-15-10-6-8(13)4-5-9(10)16-11(14)17/h4-6,15H,7H2,1-3H3,(H3,14,16,17). The van der Waals surface area contributed by atoms with Gasteiger partial charge in [0.05, 0.1) is 11.4 Å². The molecule has 5 heteroatoms. The van der Waals surface area contributed by atoms with Gasteiger partial charge in [0.25, 0.3) is 0 Å². The minimum absolute atomic E-state index is 0.131. The van der Waals surface area contributed by atoms with Crippen LogP contribution in [0.2, 0.25) is 5.02 Å². The Balaban J connectivity index is 2.87. The van der Waals surface area contributed by atoms with Crippen LogP contribution in [0.4, 0.5) is 16.2 Å². The summed E-state index contributed by atoms with van der Waals surface area (Å²) >= 11 is 5.92. The Morgan fingerprint density at radius 3 is 2.53 bits per heavy atom. The Labute approximate surface area is 107 Å². The number of carbonyl (C=O) groups excluding carboxylic acids is 1. The van der Waals surface area contributed by atoms with Gasteiger partial charge < -0.3 is 16.4 Å². The van der Waals surface area contributed by atoms with E-state index in [0.29, 0.717) is 10.7 Å². The SMILES string of the molecule is CC(C)(C)CNc1cc(Cl)ccc1NC(N)=O. The summed E-state index contributed by atoms with van der Waals surface area (Å²) in [6.07, 6.45) is 0. The molecule has 0 saturated heterocycles. The minimum atomic E-state index is -0.592. The Kier molecular flexibility index (Phi) is 4.23. The number of hydrogen-bond donors (Lipinski definition) is 3. The van der Waals surface area contributed by atoms with Gasteiger partial charge in [0, 0.05) is 11.6 Å². The van der Waals surface area contributed by atoms with E-state index in [2.05, 4.69) is 31.4 Å². The molecule has 0 heterocycles. The van der Waals surface area contributed by atoms with Crippen LogP contribution in [0.15, 0.2) is 18.2 Å². The van der Waals surface area contributed by atoms with Gasteiger partial charge in [-0.3, -0.25) is 0 Å². The summed E-state index contributed by atoms with van der Waals surface area (Å²) in [6, 6.07) is 4.59. The lowest BCUT2D eigenvalue weighted by atomic mass is 9.97. The summed E-state index contributed by atoms with van der Waals surface area (Å²) in [5.41, 5.74) is 6.63. The van der Waals surface area contributed by atoms with E-state index in [-0.39, 0.29) is 5.41 Å². The minimum Gasteiger partial charge on any atom is -0.383 e. The van der Waals surface area contributed by atoms with Crippen molar-refractivity contribution in [1.82, 2.24) is 0 Å². The van der Waals surface area contributed by atoms with Crippen LogP contribution in [0.5, 0.6) is 0 Å². The highest BCUT2D eigenvalue weighted by Crippen LogP contribution is 2.27. The van der Waals surface area contributed by atoms with Crippen LogP contribution in [-0.4, -0.2) is 12.6 Å². The first-order chi connectivity index (χ1) is 7.78. The second-order valence-corrected chi connectivity index (χ2v) is 5.53. The Hall–Kier alpha value is -1.42. The third-order valence-electron chi connectivity index (χ3n) is 2.05. The average molecular weight is 256 g/mol. The van der Waals surface area contributed by atoms with Crippen LogP contribution < -0.4 is 16.4 Å². The second kappa shape index (κ2) is 5.27. The number of amides is 2. The fourth-order valence-corrected chi connectivity index (χ4v) is 1.44. The number of carbonyl (C=O) groups is 1. The van der Waals surface area contributed by atoms with Gasteiger partial charge in [-0.1, -0.05) is 32.4 Å². The normalized spacial score (nSPS) is 11.1. The van der Waals surface area contributed by atoms with Crippen LogP contribution in [-0.2, 0) is 0 Å². The van der Waals surface area contributed by atoms with Gasteiger partial charge in [0.15, 0.2) is 0 Å². The predicted molar refractivity (Wildman–Crippen MR) is 72.6 cm³/mol. The molecule has 0 bridgehead atoms. The number of rotatable bonds is 3. The van der Waals surface area contributed by atoms with Crippen molar-refractivity contribution in [3.63, 3.8) is 0 Å². The summed E-state index contributed by atoms with van der Waals surface area (Å²) in [7, 11) is 0. The molecule has 17 heavy (non-hydrogen) atoms. The van der Waals surface area contributed by atoms with Gasteiger partial charge in [-0.2, -0.15) is 0 Å². The molecule has 0 aromatic heterocycles. The van der Waals surface area contributed by atoms with E-state index >= 15 is 0 Å². The van der Waals surface area contributed by atoms with Gasteiger partial charge in [-0.15, -0.1) is 0 Å². The molecular formula is C12H18ClN3O. The Morgan fingerprint density at radius 1 is 1.35 bits per heavy atom. The van der Waals surface area contributed by atoms with Gasteiger partial charge >= 0.3 is 6.03 Å². The number of hydrogen-bond acceptors (Lipinski definition) is 2. The van der Waals surface area contributed by atoms with E-state index in [1.807, 2.05) is 0 Å². The number of nitrogens with two attached hydrogens (primary N) is 1. The number of primary amides is 1. The third-order valence-corrected chi connectivity index (χ3v) is 2.28. The number of urea groups is 1. The summed E-state index contributed by atoms with van der Waals surface area (Å²) < 4.78 is 0. The molecule has 0 radical (unpaired) electrons. The van der Waals surface area contributed by atoms with E-state index in [0.717, 1.165) is 12.2 Å². The van der Waals surface area contributed by atoms with Gasteiger partial charge in [0.1, 0.15) is 0 Å². The second-order valence-electron chi connectivity index (χ2n) is 5.09. The lowest BCUT2D eigenvalue weighted by molar-refractivity contribution is 0.259. The molecule has 0 unspecified atom stereocenters. The molecule has 0 spiro atoms. The number of nitrogens with one attached hydrogen (secondary N) is 2. The molecule has 0 fully saturated rings. The molecule has 0 saturated carbocycles. The zero-order chi connectivity index (χ0) is 13.1. The maximum atomic E-state index is 10.9. The van der Waals surface area contributed by atoms with Crippen LogP contribution in [0.1, 0.15) is 20.8 Å². The molecule has 4 N–H and O–H groups in total. The predicted octanol–water partition coefficient (Wildman–Crippen LogP) is 3.29. The van der Waals surface area contributed by atoms with Crippen molar-refractivity contribution in [2.45, 2.75) is 20.8 Å². The van der Waals surface area contributed by atoms with Crippen molar-refractivity contribution in [2.75, 3.05) is 17.2 Å². The molecule has 0 aliphatic heterocycles. The third kappa shape index (κ3) is 4.95. The Morgan fingerprint density at radius 2 is 2.00 bits per heavy atom. The summed E-state index contributed by atoms with van der Waals surface area (Å²) in [6.45, 7) is 7.12. The van der Waals surface area contributed by atoms with Gasteiger partial charge in [-0.25, -0.2) is 4.79 Å². The van der Waals surface area contributed by atoms with Crippen LogP contribution >= 0.6 is 11.6 Å². The molecule has 0 aliphatic carbocycles. The van der Waals surface area contributed by atoms with Crippen LogP contribution in [0.3, 0.4) is 0 Å². The molecule has 94 valence electrons. The van der Waals surface area contributed by atoms with E-state index in [4.69, 9.17) is 17.3 Å². The quantitative estimate of drug-likeness (QED) is 0.776. The van der Waals surface area contributed by atoms with Crippen LogP contribution in [0, 0.1) is 5.41 Å². The van der Waals surface area contributed by atoms with Crippen molar-refractivity contribution < 1.29 is 4.79 Å². The molecule has 2 amide bonds. The monoisotopic (exact) mass is 255 g/mol. The highest BCUT2D eigenvalue weighted by atomic mass is 35.5. The largest absolute Gasteiger partial charge is 0.383 e. The maximum absolute atomic E-state index is 10.9. The first-order valence-electron chi connectivity index (χ1n) is 5.38. The van der Waals surface area contributed by atoms with Gasteiger partial charge in [-0.05, 0) is 23.6 Å². The van der Waals surface area contributed by atoms with E-state index < -0.39 is 6.03 Å². The van der Waals surface area contributed by atoms with Crippen molar-refractivity contribution in [2.24, 2.45) is 11.1 Å². The van der Waals surface area contributed by atoms with Crippen molar-refractivity contribution in [3.8, 4) is 0 Å². The lowest BCUT2D eigenvalue weighted by Gasteiger charge is -2.21. The van der Waals surface area contributed by atoms with Crippen molar-refractivity contribution in [1.29, 1.82) is 0 Å². The first kappa shape index (κ1) is 13.6. The fourth-order valence-electron chi connectivity index (χ4n) is 1.26. The molecular weight excluding hydrogens is 238 g/mol. The molecule has 1 aromatic rings. The highest BCUT2D eigenvalue weighted by Gasteiger charge is 2.11. The zero-order valence-electron chi connectivity index (χ0n) is 10.3. The lowest BCUT2D eigenvalue weighted by Crippen LogP contribution is -2.22. The van der Waals surface area contributed by atoms with Crippen molar-refractivity contribution >= 4 is 29.0 Å². The van der Waals surface area contributed by atoms with E-state index in [1.54, 1.807) is 18.2 Å². The highest BCUT2D eigenvalue weighted by molar-refractivity contribution is 6.31. The molecule has 0 aliphatic rings. The molecule has 1 aromatic carbocycles. The summed E-state index contributed by atoms with van der Waals surface area (Å²) in [4.78, 5) is 10.9. The van der Waals surface area contributed by atoms with Gasteiger partial charge in [0.2, 0.25) is 0 Å². The zero-order valence-corrected chi connectivity index (χ0v) is 11.1.